The lowest BCUT2D eigenvalue weighted by Crippen LogP contribution is -2.47. The van der Waals surface area contributed by atoms with Crippen LogP contribution in [-0.4, -0.2) is 45.9 Å². The van der Waals surface area contributed by atoms with Gasteiger partial charge in [-0.3, -0.25) is 0 Å². The van der Waals surface area contributed by atoms with E-state index in [1.165, 1.54) is 25.1 Å². The highest BCUT2D eigenvalue weighted by Crippen LogP contribution is 2.50. The zero-order valence-electron chi connectivity index (χ0n) is 23.7. The van der Waals surface area contributed by atoms with Crippen molar-refractivity contribution in [2.45, 2.75) is 78.1 Å². The van der Waals surface area contributed by atoms with Gasteiger partial charge in [-0.1, -0.05) is 62.1 Å². The van der Waals surface area contributed by atoms with Crippen LogP contribution in [0.3, 0.4) is 0 Å². The maximum atomic E-state index is 14.0. The molecule has 0 saturated heterocycles. The van der Waals surface area contributed by atoms with Crippen LogP contribution in [0.4, 0.5) is 0 Å². The minimum Gasteiger partial charge on any atom is -0.227 e. The highest BCUT2D eigenvalue weighted by molar-refractivity contribution is 8.24. The molecule has 2 saturated carbocycles. The summed E-state index contributed by atoms with van der Waals surface area (Å²) in [5, 5.41) is 0.443. The second-order valence-corrected chi connectivity index (χ2v) is 21.5. The Morgan fingerprint density at radius 2 is 1.26 bits per heavy atom. The standard InChI is InChI=1S/C32H37O6S4/c1-40(33,34)32(41(35,36)26-14-6-3-7-15-26)42(37,38)27-16-10-11-23(21-27)24-19-20-29-28-17-8-9-18-30(28)39(31(29)22-24)25-12-4-2-5-13-25/h2,4-5,8-9,12-13,17-20,22-23,26-27,32H,3,6-7,10-11,14-16,21H2,1H3/q+1. The molecule has 4 atom stereocenters. The van der Waals surface area contributed by atoms with E-state index in [1.54, 1.807) is 0 Å². The molecule has 0 amide bonds. The molecule has 6 nitrogen and oxygen atoms in total. The summed E-state index contributed by atoms with van der Waals surface area (Å²) in [5.74, 6) is -0.105. The predicted molar refractivity (Wildman–Crippen MR) is 174 cm³/mol. The zero-order valence-corrected chi connectivity index (χ0v) is 27.0. The summed E-state index contributed by atoms with van der Waals surface area (Å²) in [5.41, 5.74) is 1.03. The molecule has 4 aromatic rings. The van der Waals surface area contributed by atoms with Gasteiger partial charge in [-0.2, -0.15) is 0 Å². The molecule has 1 aromatic heterocycles. The maximum absolute atomic E-state index is 14.0. The van der Waals surface area contributed by atoms with Gasteiger partial charge in [0.25, 0.3) is 3.91 Å². The van der Waals surface area contributed by atoms with Crippen molar-refractivity contribution >= 4 is 60.2 Å². The Kier molecular flexibility index (Phi) is 8.04. The summed E-state index contributed by atoms with van der Waals surface area (Å²) in [6.45, 7) is 0. The number of hydrogen-bond acceptors (Lipinski definition) is 6. The molecule has 2 aliphatic rings. The first-order valence-electron chi connectivity index (χ1n) is 14.7. The predicted octanol–water partition coefficient (Wildman–Crippen LogP) is 7.25. The molecule has 224 valence electrons. The van der Waals surface area contributed by atoms with E-state index in [2.05, 4.69) is 48.5 Å². The molecule has 1 heterocycles. The van der Waals surface area contributed by atoms with Crippen LogP contribution in [0.5, 0.6) is 0 Å². The first-order valence-corrected chi connectivity index (χ1v) is 21.1. The minimum absolute atomic E-state index is 0.105. The average molecular weight is 646 g/mol. The molecule has 6 rings (SSSR count). The lowest BCUT2D eigenvalue weighted by Gasteiger charge is -2.33. The summed E-state index contributed by atoms with van der Waals surface area (Å²) in [6.07, 6.45) is 5.47. The van der Waals surface area contributed by atoms with Crippen molar-refractivity contribution in [3.8, 4) is 4.90 Å². The number of rotatable bonds is 7. The van der Waals surface area contributed by atoms with E-state index in [1.807, 2.05) is 24.3 Å². The van der Waals surface area contributed by atoms with Gasteiger partial charge in [-0.05, 0) is 73.9 Å². The van der Waals surface area contributed by atoms with Crippen molar-refractivity contribution in [2.75, 3.05) is 6.26 Å². The topological polar surface area (TPSA) is 102 Å². The summed E-state index contributed by atoms with van der Waals surface area (Å²) in [4.78, 5) is 1.22. The summed E-state index contributed by atoms with van der Waals surface area (Å²) >= 11 is 0. The average Bonchev–Trinajstić information content (AvgIpc) is 3.31. The number of benzene rings is 3. The normalized spacial score (nSPS) is 22.4. The van der Waals surface area contributed by atoms with Crippen molar-refractivity contribution in [1.82, 2.24) is 0 Å². The van der Waals surface area contributed by atoms with Gasteiger partial charge >= 0.3 is 0 Å². The third-order valence-electron chi connectivity index (χ3n) is 9.07. The van der Waals surface area contributed by atoms with Crippen molar-refractivity contribution in [1.29, 1.82) is 0 Å². The van der Waals surface area contributed by atoms with Crippen LogP contribution in [0, 0.1) is 0 Å². The molecule has 0 spiro atoms. The van der Waals surface area contributed by atoms with E-state index in [0.29, 0.717) is 32.1 Å². The van der Waals surface area contributed by atoms with Crippen LogP contribution < -0.4 is 0 Å². The first-order chi connectivity index (χ1) is 20.0. The number of sulfone groups is 3. The molecule has 0 bridgehead atoms. The fraction of sp³-hybridized carbons (Fsp3) is 0.438. The highest BCUT2D eigenvalue weighted by Gasteiger charge is 2.52. The van der Waals surface area contributed by atoms with Crippen molar-refractivity contribution < 1.29 is 25.3 Å². The lowest BCUT2D eigenvalue weighted by atomic mass is 9.83. The van der Waals surface area contributed by atoms with E-state index >= 15 is 0 Å². The van der Waals surface area contributed by atoms with Crippen molar-refractivity contribution in [2.24, 2.45) is 0 Å². The summed E-state index contributed by atoms with van der Waals surface area (Å²) < 4.78 is 81.2. The van der Waals surface area contributed by atoms with E-state index in [-0.39, 0.29) is 29.2 Å². The zero-order chi connectivity index (χ0) is 29.7. The van der Waals surface area contributed by atoms with Gasteiger partial charge in [0, 0.05) is 33.6 Å². The first kappa shape index (κ1) is 29.8. The van der Waals surface area contributed by atoms with E-state index in [9.17, 15) is 25.3 Å². The molecule has 4 unspecified atom stereocenters. The molecule has 0 N–H and O–H groups in total. The van der Waals surface area contributed by atoms with E-state index < -0.39 is 43.9 Å². The van der Waals surface area contributed by atoms with Crippen molar-refractivity contribution in [3.63, 3.8) is 0 Å². The third-order valence-corrected chi connectivity index (χ3v) is 21.2. The second-order valence-electron chi connectivity index (χ2n) is 11.9. The molecular weight excluding hydrogens is 609 g/mol. The number of thiophene rings is 1. The molecule has 2 fully saturated rings. The van der Waals surface area contributed by atoms with Crippen LogP contribution in [-0.2, 0) is 29.5 Å². The third kappa shape index (κ3) is 5.33. The second kappa shape index (κ2) is 11.3. The Bertz CT molecular complexity index is 1940. The summed E-state index contributed by atoms with van der Waals surface area (Å²) in [7, 11) is -13.6. The van der Waals surface area contributed by atoms with Gasteiger partial charge in [-0.15, -0.1) is 0 Å². The minimum atomic E-state index is -4.51. The lowest BCUT2D eigenvalue weighted by molar-refractivity contribution is 0.434. The van der Waals surface area contributed by atoms with Gasteiger partial charge in [0.1, 0.15) is 0 Å². The van der Waals surface area contributed by atoms with E-state index in [0.717, 1.165) is 24.7 Å². The number of fused-ring (bicyclic) bond motifs is 3. The molecule has 10 heteroatoms. The van der Waals surface area contributed by atoms with Crippen LogP contribution in [0.1, 0.15) is 69.3 Å². The van der Waals surface area contributed by atoms with Gasteiger partial charge < -0.3 is 0 Å². The van der Waals surface area contributed by atoms with Crippen LogP contribution >= 0.6 is 10.5 Å². The molecular formula is C32H37O6S4+. The molecule has 2 aliphatic carbocycles. The monoisotopic (exact) mass is 645 g/mol. The Hall–Kier alpha value is -2.27. The highest BCUT2D eigenvalue weighted by atomic mass is 32.3. The van der Waals surface area contributed by atoms with Gasteiger partial charge in [0.05, 0.1) is 10.5 Å². The van der Waals surface area contributed by atoms with Gasteiger partial charge in [-0.25, -0.2) is 25.3 Å². The fourth-order valence-corrected chi connectivity index (χ4v) is 19.4. The Morgan fingerprint density at radius 3 is 1.98 bits per heavy atom. The fourth-order valence-electron chi connectivity index (χ4n) is 7.11. The van der Waals surface area contributed by atoms with Crippen molar-refractivity contribution in [3.05, 3.63) is 78.4 Å². The van der Waals surface area contributed by atoms with Gasteiger partial charge in [0.2, 0.25) is 0 Å². The Morgan fingerprint density at radius 1 is 0.643 bits per heavy atom. The Balaban J connectivity index is 1.38. The quantitative estimate of drug-likeness (QED) is 0.196. The molecule has 42 heavy (non-hydrogen) atoms. The summed E-state index contributed by atoms with van der Waals surface area (Å²) in [6, 6.07) is 25.2. The smallest absolute Gasteiger partial charge is 0.227 e. The van der Waals surface area contributed by atoms with Gasteiger partial charge in [0.15, 0.2) is 43.8 Å². The van der Waals surface area contributed by atoms with Crippen LogP contribution in [0.2, 0.25) is 0 Å². The molecule has 3 aromatic carbocycles. The SMILES string of the molecule is CS(=O)(=O)C(S(=O)(=O)C1CCCCC1)S(=O)(=O)C1CCCC(c2ccc3c4ccccc4[s+](-c4ccccc4)c3c2)C1. The van der Waals surface area contributed by atoms with Crippen LogP contribution in [0.15, 0.2) is 72.8 Å². The number of hydrogen-bond donors (Lipinski definition) is 0. The molecule has 0 aliphatic heterocycles. The van der Waals surface area contributed by atoms with E-state index in [4.69, 9.17) is 0 Å². The van der Waals surface area contributed by atoms with Crippen LogP contribution in [0.25, 0.3) is 25.1 Å². The maximum Gasteiger partial charge on any atom is 0.262 e. The Labute approximate surface area is 251 Å². The molecule has 0 radical (unpaired) electrons. The largest absolute Gasteiger partial charge is 0.262 e.